The molecule has 0 unspecified atom stereocenters. The molecule has 0 radical (unpaired) electrons. The maximum absolute atomic E-state index is 12.4. The van der Waals surface area contributed by atoms with E-state index in [1.54, 1.807) is 0 Å². The largest absolute Gasteiger partial charge is 0.494 e. The van der Waals surface area contributed by atoms with Gasteiger partial charge in [-0.2, -0.15) is 0 Å². The van der Waals surface area contributed by atoms with Crippen LogP contribution >= 0.6 is 11.6 Å². The van der Waals surface area contributed by atoms with E-state index < -0.39 is 18.9 Å². The Morgan fingerprint density at radius 1 is 1.61 bits per heavy atom. The molecule has 1 heterocycles. The lowest BCUT2D eigenvalue weighted by molar-refractivity contribution is 0.0568. The van der Waals surface area contributed by atoms with E-state index in [9.17, 15) is 13.6 Å². The fourth-order valence-electron chi connectivity index (χ4n) is 1.43. The fraction of sp³-hybridized carbons (Fsp3) is 0.455. The number of carbonyl (C=O) groups is 1. The molecule has 0 aliphatic carbocycles. The van der Waals surface area contributed by atoms with Gasteiger partial charge >= 0.3 is 0 Å². The highest BCUT2D eigenvalue weighted by atomic mass is 35.5. The van der Waals surface area contributed by atoms with Crippen LogP contribution in [0.3, 0.4) is 0 Å². The molecule has 0 spiro atoms. The summed E-state index contributed by atoms with van der Waals surface area (Å²) in [6.45, 7) is -0.604. The monoisotopic (exact) mass is 278 g/mol. The van der Waals surface area contributed by atoms with Gasteiger partial charge in [-0.1, -0.05) is 0 Å². The fourth-order valence-corrected chi connectivity index (χ4v) is 1.64. The van der Waals surface area contributed by atoms with Gasteiger partial charge in [0.1, 0.15) is 5.75 Å². The molecule has 0 aliphatic heterocycles. The van der Waals surface area contributed by atoms with Crippen LogP contribution in [0.15, 0.2) is 18.5 Å². The highest BCUT2D eigenvalue weighted by molar-refractivity contribution is 6.18. The van der Waals surface area contributed by atoms with E-state index >= 15 is 0 Å². The van der Waals surface area contributed by atoms with E-state index in [4.69, 9.17) is 16.3 Å². The van der Waals surface area contributed by atoms with E-state index in [0.717, 1.165) is 4.90 Å². The molecule has 0 N–H and O–H groups in total. The molecule has 18 heavy (non-hydrogen) atoms. The van der Waals surface area contributed by atoms with Crippen molar-refractivity contribution in [2.75, 3.05) is 26.1 Å². The van der Waals surface area contributed by atoms with Crippen LogP contribution in [-0.4, -0.2) is 48.3 Å². The molecule has 1 amide bonds. The lowest BCUT2D eigenvalue weighted by Crippen LogP contribution is -2.36. The molecule has 4 nitrogen and oxygen atoms in total. The smallest absolute Gasteiger partial charge is 0.257 e. The summed E-state index contributed by atoms with van der Waals surface area (Å²) in [5, 5.41) is 0. The van der Waals surface area contributed by atoms with Crippen LogP contribution in [0, 0.1) is 0 Å². The minimum Gasteiger partial charge on any atom is -0.494 e. The molecule has 0 aliphatic rings. The number of nitrogens with zero attached hydrogens (tertiary/aromatic N) is 2. The molecule has 0 fully saturated rings. The van der Waals surface area contributed by atoms with Gasteiger partial charge in [-0.25, -0.2) is 8.78 Å². The van der Waals surface area contributed by atoms with Crippen molar-refractivity contribution < 1.29 is 18.3 Å². The van der Waals surface area contributed by atoms with E-state index in [-0.39, 0.29) is 23.7 Å². The molecule has 1 rings (SSSR count). The highest BCUT2D eigenvalue weighted by Crippen LogP contribution is 2.18. The van der Waals surface area contributed by atoms with E-state index in [1.165, 1.54) is 25.6 Å². The van der Waals surface area contributed by atoms with Gasteiger partial charge in [-0.15, -0.1) is 11.6 Å². The summed E-state index contributed by atoms with van der Waals surface area (Å²) in [7, 11) is 1.38. The maximum Gasteiger partial charge on any atom is 0.257 e. The van der Waals surface area contributed by atoms with Crippen molar-refractivity contribution in [3.63, 3.8) is 0 Å². The topological polar surface area (TPSA) is 42.4 Å². The Balaban J connectivity index is 2.94. The molecular weight excluding hydrogens is 266 g/mol. The van der Waals surface area contributed by atoms with Crippen molar-refractivity contribution in [2.45, 2.75) is 6.43 Å². The molecule has 1 aromatic heterocycles. The summed E-state index contributed by atoms with van der Waals surface area (Å²) in [6.07, 6.45) is 0.149. The first-order chi connectivity index (χ1) is 8.60. The van der Waals surface area contributed by atoms with Crippen molar-refractivity contribution >= 4 is 17.5 Å². The number of hydrogen-bond donors (Lipinski definition) is 0. The number of carbonyl (C=O) groups excluding carboxylic acids is 1. The zero-order valence-corrected chi connectivity index (χ0v) is 10.5. The second-order valence-corrected chi connectivity index (χ2v) is 3.79. The third-order valence-corrected chi connectivity index (χ3v) is 2.40. The number of alkyl halides is 3. The van der Waals surface area contributed by atoms with Crippen molar-refractivity contribution in [1.29, 1.82) is 0 Å². The third kappa shape index (κ3) is 3.80. The Labute approximate surface area is 109 Å². The lowest BCUT2D eigenvalue weighted by Gasteiger charge is -2.22. The number of rotatable bonds is 6. The Hall–Kier alpha value is -1.43. The summed E-state index contributed by atoms with van der Waals surface area (Å²) in [6, 6.07) is 1.42. The van der Waals surface area contributed by atoms with Crippen LogP contribution in [0.2, 0.25) is 0 Å². The predicted octanol–water partition coefficient (Wildman–Crippen LogP) is 2.04. The van der Waals surface area contributed by atoms with Crippen LogP contribution in [0.4, 0.5) is 8.78 Å². The van der Waals surface area contributed by atoms with Gasteiger partial charge in [0, 0.05) is 18.6 Å². The van der Waals surface area contributed by atoms with Gasteiger partial charge in [-0.3, -0.25) is 9.78 Å². The summed E-state index contributed by atoms with van der Waals surface area (Å²) in [5.41, 5.74) is 0.193. The minimum absolute atomic E-state index is 0.0518. The number of pyridine rings is 1. The van der Waals surface area contributed by atoms with Crippen LogP contribution in [0.1, 0.15) is 10.4 Å². The number of ether oxygens (including phenoxy) is 1. The predicted molar refractivity (Wildman–Crippen MR) is 63.4 cm³/mol. The van der Waals surface area contributed by atoms with Crippen LogP contribution in [0.5, 0.6) is 5.75 Å². The molecule has 0 bridgehead atoms. The van der Waals surface area contributed by atoms with Crippen LogP contribution in [-0.2, 0) is 0 Å². The average molecular weight is 279 g/mol. The number of amides is 1. The third-order valence-electron chi connectivity index (χ3n) is 2.23. The minimum atomic E-state index is -2.61. The quantitative estimate of drug-likeness (QED) is 0.748. The zero-order chi connectivity index (χ0) is 13.5. The Morgan fingerprint density at radius 2 is 2.33 bits per heavy atom. The molecule has 1 aromatic rings. The second kappa shape index (κ2) is 7.10. The zero-order valence-electron chi connectivity index (χ0n) is 9.78. The van der Waals surface area contributed by atoms with Gasteiger partial charge in [0.25, 0.3) is 12.3 Å². The number of hydrogen-bond acceptors (Lipinski definition) is 3. The molecular formula is C11H13ClF2N2O2. The standard InChI is InChI=1S/C11H13ClF2N2O2/c1-18-9-6-15-4-2-8(9)11(17)16(5-3-12)7-10(13)14/h2,4,6,10H,3,5,7H2,1H3. The lowest BCUT2D eigenvalue weighted by atomic mass is 10.2. The molecule has 7 heteroatoms. The van der Waals surface area contributed by atoms with Gasteiger partial charge in [-0.05, 0) is 6.07 Å². The van der Waals surface area contributed by atoms with Crippen molar-refractivity contribution in [2.24, 2.45) is 0 Å². The van der Waals surface area contributed by atoms with Gasteiger partial charge in [0.05, 0.1) is 25.4 Å². The van der Waals surface area contributed by atoms with Gasteiger partial charge in [0.15, 0.2) is 0 Å². The molecule has 0 saturated heterocycles. The van der Waals surface area contributed by atoms with Crippen molar-refractivity contribution in [3.8, 4) is 5.75 Å². The summed E-state index contributed by atoms with van der Waals surface area (Å²) < 4.78 is 29.7. The van der Waals surface area contributed by atoms with E-state index in [2.05, 4.69) is 4.98 Å². The number of aromatic nitrogens is 1. The second-order valence-electron chi connectivity index (χ2n) is 3.41. The molecule has 0 aromatic carbocycles. The SMILES string of the molecule is COc1cnccc1C(=O)N(CCCl)CC(F)F. The van der Waals surface area contributed by atoms with E-state index in [0.29, 0.717) is 0 Å². The normalized spacial score (nSPS) is 10.5. The molecule has 0 atom stereocenters. The average Bonchev–Trinajstić information content (AvgIpc) is 2.37. The molecule has 100 valence electrons. The van der Waals surface area contributed by atoms with Gasteiger partial charge < -0.3 is 9.64 Å². The Bertz CT molecular complexity index is 404. The molecule has 0 saturated carbocycles. The first kappa shape index (κ1) is 14.6. The number of methoxy groups -OCH3 is 1. The summed E-state index contributed by atoms with van der Waals surface area (Å²) in [4.78, 5) is 16.9. The number of halogens is 3. The Kier molecular flexibility index (Phi) is 5.77. The van der Waals surface area contributed by atoms with Crippen LogP contribution < -0.4 is 4.74 Å². The Morgan fingerprint density at radius 3 is 2.89 bits per heavy atom. The highest BCUT2D eigenvalue weighted by Gasteiger charge is 2.22. The van der Waals surface area contributed by atoms with Gasteiger partial charge in [0.2, 0.25) is 0 Å². The van der Waals surface area contributed by atoms with E-state index in [1.807, 2.05) is 0 Å². The first-order valence-corrected chi connectivity index (χ1v) is 5.75. The van der Waals surface area contributed by atoms with Crippen molar-refractivity contribution in [3.05, 3.63) is 24.0 Å². The maximum atomic E-state index is 12.4. The summed E-state index contributed by atoms with van der Waals surface area (Å²) >= 11 is 5.50. The summed E-state index contributed by atoms with van der Waals surface area (Å²) in [5.74, 6) is -0.210. The van der Waals surface area contributed by atoms with Crippen molar-refractivity contribution in [1.82, 2.24) is 9.88 Å². The van der Waals surface area contributed by atoms with Crippen LogP contribution in [0.25, 0.3) is 0 Å². The first-order valence-electron chi connectivity index (χ1n) is 5.21.